The number of tetrazole rings is 1. The molecule has 0 saturated heterocycles. The van der Waals surface area contributed by atoms with Gasteiger partial charge in [-0.25, -0.2) is 4.79 Å². The van der Waals surface area contributed by atoms with Crippen molar-refractivity contribution in [2.45, 2.75) is 19.0 Å². The number of nitrogens with one attached hydrogen (secondary N) is 1. The van der Waals surface area contributed by atoms with E-state index < -0.39 is 11.6 Å². The second-order valence-electron chi connectivity index (χ2n) is 4.87. The van der Waals surface area contributed by atoms with Gasteiger partial charge in [-0.3, -0.25) is 0 Å². The molecule has 9 nitrogen and oxygen atoms in total. The van der Waals surface area contributed by atoms with Crippen molar-refractivity contribution in [2.75, 3.05) is 13.7 Å². The van der Waals surface area contributed by atoms with Gasteiger partial charge in [-0.05, 0) is 29.8 Å². The zero-order chi connectivity index (χ0) is 16.2. The third-order valence-corrected chi connectivity index (χ3v) is 3.20. The molecule has 0 aliphatic rings. The summed E-state index contributed by atoms with van der Waals surface area (Å²) in [6.07, 6.45) is -1.10. The standard InChI is InChI=1S/C13H18N6O3/c1-13(14,9-3-5-10(22-2)6-4-9)11-16-18-19(17-11)8-7-15-12(20)21/h3-6,15H,7-8,14H2,1-2H3,(H,20,21)/t13-/m0/s1. The minimum atomic E-state index is -1.10. The van der Waals surface area contributed by atoms with Crippen LogP contribution < -0.4 is 15.8 Å². The van der Waals surface area contributed by atoms with Crippen molar-refractivity contribution in [2.24, 2.45) is 5.73 Å². The highest BCUT2D eigenvalue weighted by Crippen LogP contribution is 2.24. The van der Waals surface area contributed by atoms with Gasteiger partial charge in [0.15, 0.2) is 5.82 Å². The molecule has 0 bridgehead atoms. The molecule has 1 amide bonds. The Morgan fingerprint density at radius 3 is 2.73 bits per heavy atom. The lowest BCUT2D eigenvalue weighted by Gasteiger charge is -2.21. The molecule has 0 radical (unpaired) electrons. The van der Waals surface area contributed by atoms with Crippen molar-refractivity contribution in [1.29, 1.82) is 0 Å². The molecule has 1 atom stereocenters. The monoisotopic (exact) mass is 306 g/mol. The molecule has 118 valence electrons. The highest BCUT2D eigenvalue weighted by Gasteiger charge is 2.29. The van der Waals surface area contributed by atoms with Crippen LogP contribution in [0.1, 0.15) is 18.3 Å². The average molecular weight is 306 g/mol. The largest absolute Gasteiger partial charge is 0.497 e. The number of rotatable bonds is 6. The smallest absolute Gasteiger partial charge is 0.404 e. The summed E-state index contributed by atoms with van der Waals surface area (Å²) in [7, 11) is 1.59. The summed E-state index contributed by atoms with van der Waals surface area (Å²) in [6, 6.07) is 7.29. The Bertz CT molecular complexity index is 637. The van der Waals surface area contributed by atoms with Gasteiger partial charge in [0.05, 0.1) is 13.7 Å². The van der Waals surface area contributed by atoms with Crippen molar-refractivity contribution in [3.05, 3.63) is 35.7 Å². The van der Waals surface area contributed by atoms with Crippen LogP contribution >= 0.6 is 0 Å². The Kier molecular flexibility index (Phi) is 4.56. The van der Waals surface area contributed by atoms with E-state index in [-0.39, 0.29) is 13.1 Å². The minimum absolute atomic E-state index is 0.189. The first-order valence-electron chi connectivity index (χ1n) is 6.62. The maximum absolute atomic E-state index is 10.4. The predicted molar refractivity (Wildman–Crippen MR) is 77.5 cm³/mol. The summed E-state index contributed by atoms with van der Waals surface area (Å²) in [5.74, 6) is 1.09. The molecule has 0 fully saturated rings. The van der Waals surface area contributed by atoms with Crippen molar-refractivity contribution in [3.63, 3.8) is 0 Å². The molecular formula is C13H18N6O3. The number of nitrogens with zero attached hydrogens (tertiary/aromatic N) is 4. The van der Waals surface area contributed by atoms with E-state index in [0.717, 1.165) is 11.3 Å². The van der Waals surface area contributed by atoms with Gasteiger partial charge in [0.2, 0.25) is 0 Å². The van der Waals surface area contributed by atoms with Crippen molar-refractivity contribution >= 4 is 6.09 Å². The number of hydrogen-bond acceptors (Lipinski definition) is 6. The van der Waals surface area contributed by atoms with Crippen LogP contribution in [0.3, 0.4) is 0 Å². The van der Waals surface area contributed by atoms with Crippen LogP contribution in [0.5, 0.6) is 5.75 Å². The predicted octanol–water partition coefficient (Wildman–Crippen LogP) is 0.172. The fourth-order valence-electron chi connectivity index (χ4n) is 1.87. The summed E-state index contributed by atoms with van der Waals surface area (Å²) in [5, 5.41) is 22.8. The zero-order valence-corrected chi connectivity index (χ0v) is 12.4. The molecule has 4 N–H and O–H groups in total. The first-order chi connectivity index (χ1) is 10.4. The van der Waals surface area contributed by atoms with E-state index in [2.05, 4.69) is 20.7 Å². The van der Waals surface area contributed by atoms with Gasteiger partial charge in [-0.1, -0.05) is 12.1 Å². The molecular weight excluding hydrogens is 288 g/mol. The maximum atomic E-state index is 10.4. The van der Waals surface area contributed by atoms with Crippen LogP contribution in [0, 0.1) is 0 Å². The molecule has 0 saturated carbocycles. The number of aromatic nitrogens is 4. The Hall–Kier alpha value is -2.68. The molecule has 9 heteroatoms. The van der Waals surface area contributed by atoms with Crippen molar-refractivity contribution < 1.29 is 14.6 Å². The molecule has 0 spiro atoms. The van der Waals surface area contributed by atoms with Gasteiger partial charge in [-0.15, -0.1) is 10.2 Å². The summed E-state index contributed by atoms with van der Waals surface area (Å²) in [6.45, 7) is 2.25. The third kappa shape index (κ3) is 3.50. The highest BCUT2D eigenvalue weighted by atomic mass is 16.5. The Labute approximate surface area is 127 Å². The lowest BCUT2D eigenvalue weighted by Crippen LogP contribution is -2.36. The molecule has 2 rings (SSSR count). The molecule has 2 aromatic rings. The number of ether oxygens (including phenoxy) is 1. The SMILES string of the molecule is COc1ccc([C@](C)(N)c2nnn(CCNC(=O)O)n2)cc1. The number of carbonyl (C=O) groups is 1. The highest BCUT2D eigenvalue weighted by molar-refractivity contribution is 5.64. The van der Waals surface area contributed by atoms with E-state index in [1.54, 1.807) is 14.0 Å². The Morgan fingerprint density at radius 1 is 1.45 bits per heavy atom. The number of benzene rings is 1. The lowest BCUT2D eigenvalue weighted by molar-refractivity contribution is 0.193. The Morgan fingerprint density at radius 2 is 2.14 bits per heavy atom. The first-order valence-corrected chi connectivity index (χ1v) is 6.62. The number of nitrogens with two attached hydrogens (primary N) is 1. The van der Waals surface area contributed by atoms with Gasteiger partial charge >= 0.3 is 6.09 Å². The zero-order valence-electron chi connectivity index (χ0n) is 12.4. The summed E-state index contributed by atoms with van der Waals surface area (Å²) in [5.41, 5.74) is 6.22. The summed E-state index contributed by atoms with van der Waals surface area (Å²) in [4.78, 5) is 11.7. The van der Waals surface area contributed by atoms with E-state index >= 15 is 0 Å². The lowest BCUT2D eigenvalue weighted by atomic mass is 9.92. The van der Waals surface area contributed by atoms with Crippen LogP contribution in [0.15, 0.2) is 24.3 Å². The van der Waals surface area contributed by atoms with E-state index in [9.17, 15) is 4.79 Å². The van der Waals surface area contributed by atoms with Crippen LogP contribution in [-0.2, 0) is 12.1 Å². The van der Waals surface area contributed by atoms with Crippen LogP contribution in [-0.4, -0.2) is 45.1 Å². The molecule has 0 aliphatic heterocycles. The molecule has 22 heavy (non-hydrogen) atoms. The fourth-order valence-corrected chi connectivity index (χ4v) is 1.87. The second-order valence-corrected chi connectivity index (χ2v) is 4.87. The van der Waals surface area contributed by atoms with Gasteiger partial charge < -0.3 is 20.9 Å². The van der Waals surface area contributed by atoms with E-state index in [1.165, 1.54) is 4.80 Å². The van der Waals surface area contributed by atoms with Crippen molar-refractivity contribution in [1.82, 2.24) is 25.5 Å². The van der Waals surface area contributed by atoms with E-state index in [1.807, 2.05) is 24.3 Å². The normalized spacial score (nSPS) is 13.4. The van der Waals surface area contributed by atoms with Crippen LogP contribution in [0.2, 0.25) is 0 Å². The second kappa shape index (κ2) is 6.39. The molecule has 1 aromatic carbocycles. The summed E-state index contributed by atoms with van der Waals surface area (Å²) >= 11 is 0. The average Bonchev–Trinajstić information content (AvgIpc) is 2.96. The first kappa shape index (κ1) is 15.7. The van der Waals surface area contributed by atoms with Crippen molar-refractivity contribution in [3.8, 4) is 5.75 Å². The van der Waals surface area contributed by atoms with Crippen LogP contribution in [0.4, 0.5) is 4.79 Å². The van der Waals surface area contributed by atoms with Crippen LogP contribution in [0.25, 0.3) is 0 Å². The number of hydrogen-bond donors (Lipinski definition) is 3. The van der Waals surface area contributed by atoms with Gasteiger partial charge in [-0.2, -0.15) is 4.80 Å². The molecule has 0 aliphatic carbocycles. The number of methoxy groups -OCH3 is 1. The van der Waals surface area contributed by atoms with Gasteiger partial charge in [0.1, 0.15) is 11.3 Å². The third-order valence-electron chi connectivity index (χ3n) is 3.20. The Balaban J connectivity index is 2.11. The van der Waals surface area contributed by atoms with E-state index in [4.69, 9.17) is 15.6 Å². The molecule has 0 unspecified atom stereocenters. The van der Waals surface area contributed by atoms with E-state index in [0.29, 0.717) is 5.82 Å². The maximum Gasteiger partial charge on any atom is 0.404 e. The molecule has 1 heterocycles. The topological polar surface area (TPSA) is 128 Å². The minimum Gasteiger partial charge on any atom is -0.497 e. The number of amides is 1. The molecule has 1 aromatic heterocycles. The number of carboxylic acid groups (broad SMARTS) is 1. The summed E-state index contributed by atoms with van der Waals surface area (Å²) < 4.78 is 5.11. The van der Waals surface area contributed by atoms with Gasteiger partial charge in [0.25, 0.3) is 0 Å². The van der Waals surface area contributed by atoms with Gasteiger partial charge in [0, 0.05) is 6.54 Å². The fraction of sp³-hybridized carbons (Fsp3) is 0.385. The quantitative estimate of drug-likeness (QED) is 0.694.